The van der Waals surface area contributed by atoms with E-state index in [0.717, 1.165) is 19.4 Å². The van der Waals surface area contributed by atoms with Gasteiger partial charge in [-0.15, -0.1) is 11.6 Å². The minimum absolute atomic E-state index is 0.0308. The molecule has 2 heterocycles. The summed E-state index contributed by atoms with van der Waals surface area (Å²) in [6.07, 6.45) is 2.14. The van der Waals surface area contributed by atoms with Crippen LogP contribution in [0.3, 0.4) is 0 Å². The summed E-state index contributed by atoms with van der Waals surface area (Å²) in [7, 11) is 0. The highest BCUT2D eigenvalue weighted by atomic mass is 35.5. The van der Waals surface area contributed by atoms with Gasteiger partial charge in [0.2, 0.25) is 0 Å². The maximum Gasteiger partial charge on any atom is 0.261 e. The molecule has 4 nitrogen and oxygen atoms in total. The fourth-order valence-corrected chi connectivity index (χ4v) is 2.70. The Morgan fingerprint density at radius 1 is 1.42 bits per heavy atom. The second-order valence-corrected chi connectivity index (χ2v) is 5.00. The molecule has 0 saturated carbocycles. The number of para-hydroxylation sites is 1. The number of fused-ring (bicyclic) bond motifs is 1. The van der Waals surface area contributed by atoms with E-state index in [1.807, 2.05) is 18.2 Å². The Hall–Kier alpha value is -1.39. The van der Waals surface area contributed by atoms with Crippen LogP contribution in [-0.4, -0.2) is 22.3 Å². The Kier molecular flexibility index (Phi) is 3.53. The van der Waals surface area contributed by atoms with Crippen molar-refractivity contribution in [3.05, 3.63) is 40.4 Å². The SMILES string of the molecule is O=c1c2ccccc2nc(CCl)n1CC1CCCO1. The summed E-state index contributed by atoms with van der Waals surface area (Å²) in [4.78, 5) is 17.0. The van der Waals surface area contributed by atoms with Gasteiger partial charge in [0.15, 0.2) is 0 Å². The van der Waals surface area contributed by atoms with Crippen LogP contribution in [0.1, 0.15) is 18.7 Å². The summed E-state index contributed by atoms with van der Waals surface area (Å²) in [5.41, 5.74) is 0.670. The molecule has 3 rings (SSSR count). The summed E-state index contributed by atoms with van der Waals surface area (Å²) >= 11 is 5.93. The smallest absolute Gasteiger partial charge is 0.261 e. The van der Waals surface area contributed by atoms with Crippen molar-refractivity contribution in [1.29, 1.82) is 0 Å². The molecule has 1 atom stereocenters. The summed E-state index contributed by atoms with van der Waals surface area (Å²) in [6.45, 7) is 1.31. The lowest BCUT2D eigenvalue weighted by atomic mass is 10.2. The summed E-state index contributed by atoms with van der Waals surface area (Å²) in [5.74, 6) is 0.841. The van der Waals surface area contributed by atoms with Gasteiger partial charge in [0.05, 0.1) is 29.4 Å². The van der Waals surface area contributed by atoms with Gasteiger partial charge in [-0.3, -0.25) is 9.36 Å². The van der Waals surface area contributed by atoms with Crippen molar-refractivity contribution in [2.24, 2.45) is 0 Å². The Morgan fingerprint density at radius 2 is 2.26 bits per heavy atom. The third kappa shape index (κ3) is 2.38. The molecule has 0 N–H and O–H groups in total. The van der Waals surface area contributed by atoms with E-state index in [1.165, 1.54) is 0 Å². The van der Waals surface area contributed by atoms with Crippen LogP contribution in [0.15, 0.2) is 29.1 Å². The molecule has 0 aliphatic carbocycles. The van der Waals surface area contributed by atoms with Crippen LogP contribution in [0.2, 0.25) is 0 Å². The van der Waals surface area contributed by atoms with Crippen LogP contribution < -0.4 is 5.56 Å². The number of rotatable bonds is 3. The Bertz CT molecular complexity index is 647. The van der Waals surface area contributed by atoms with E-state index in [-0.39, 0.29) is 17.5 Å². The first-order chi connectivity index (χ1) is 9.29. The molecular formula is C14H15ClN2O2. The molecule has 1 unspecified atom stereocenters. The van der Waals surface area contributed by atoms with Gasteiger partial charge >= 0.3 is 0 Å². The zero-order chi connectivity index (χ0) is 13.2. The highest BCUT2D eigenvalue weighted by Crippen LogP contribution is 2.16. The number of aromatic nitrogens is 2. The van der Waals surface area contributed by atoms with Crippen molar-refractivity contribution in [1.82, 2.24) is 9.55 Å². The van der Waals surface area contributed by atoms with Crippen molar-refractivity contribution >= 4 is 22.5 Å². The molecule has 0 radical (unpaired) electrons. The van der Waals surface area contributed by atoms with Crippen molar-refractivity contribution in [3.8, 4) is 0 Å². The number of hydrogen-bond acceptors (Lipinski definition) is 3. The zero-order valence-corrected chi connectivity index (χ0v) is 11.3. The molecule has 1 aromatic carbocycles. The summed E-state index contributed by atoms with van der Waals surface area (Å²) in [6, 6.07) is 7.36. The second kappa shape index (κ2) is 5.31. The first-order valence-corrected chi connectivity index (χ1v) is 6.99. The maximum absolute atomic E-state index is 12.5. The van der Waals surface area contributed by atoms with Crippen molar-refractivity contribution in [2.45, 2.75) is 31.4 Å². The van der Waals surface area contributed by atoms with Crippen molar-refractivity contribution in [3.63, 3.8) is 0 Å². The number of halogens is 1. The molecule has 100 valence electrons. The summed E-state index contributed by atoms with van der Waals surface area (Å²) < 4.78 is 7.25. The van der Waals surface area contributed by atoms with E-state index >= 15 is 0 Å². The van der Waals surface area contributed by atoms with Gasteiger partial charge in [0.25, 0.3) is 5.56 Å². The lowest BCUT2D eigenvalue weighted by Gasteiger charge is -2.15. The molecule has 0 bridgehead atoms. The van der Waals surface area contributed by atoms with Gasteiger partial charge in [0, 0.05) is 6.61 Å². The van der Waals surface area contributed by atoms with E-state index in [4.69, 9.17) is 16.3 Å². The van der Waals surface area contributed by atoms with E-state index in [2.05, 4.69) is 4.98 Å². The number of alkyl halides is 1. The zero-order valence-electron chi connectivity index (χ0n) is 10.5. The van der Waals surface area contributed by atoms with Crippen LogP contribution in [0.4, 0.5) is 0 Å². The average Bonchev–Trinajstić information content (AvgIpc) is 2.95. The predicted octanol–water partition coefficient (Wildman–Crippen LogP) is 2.31. The second-order valence-electron chi connectivity index (χ2n) is 4.73. The normalized spacial score (nSPS) is 19.1. The first kappa shape index (κ1) is 12.6. The van der Waals surface area contributed by atoms with Gasteiger partial charge in [0.1, 0.15) is 5.82 Å². The van der Waals surface area contributed by atoms with Gasteiger partial charge < -0.3 is 4.74 Å². The van der Waals surface area contributed by atoms with Gasteiger partial charge in [-0.05, 0) is 25.0 Å². The van der Waals surface area contributed by atoms with E-state index in [0.29, 0.717) is 23.3 Å². The monoisotopic (exact) mass is 278 g/mol. The number of nitrogens with zero attached hydrogens (tertiary/aromatic N) is 2. The highest BCUT2D eigenvalue weighted by molar-refractivity contribution is 6.16. The minimum atomic E-state index is -0.0308. The molecule has 5 heteroatoms. The maximum atomic E-state index is 12.5. The molecule has 1 aliphatic rings. The number of benzene rings is 1. The van der Waals surface area contributed by atoms with Crippen molar-refractivity contribution < 1.29 is 4.74 Å². The summed E-state index contributed by atoms with van der Waals surface area (Å²) in [5, 5.41) is 0.634. The quantitative estimate of drug-likeness (QED) is 0.810. The van der Waals surface area contributed by atoms with E-state index in [9.17, 15) is 4.79 Å². The van der Waals surface area contributed by atoms with Crippen LogP contribution in [-0.2, 0) is 17.2 Å². The third-order valence-electron chi connectivity index (χ3n) is 3.47. The molecule has 1 fully saturated rings. The Balaban J connectivity index is 2.10. The fraction of sp³-hybridized carbons (Fsp3) is 0.429. The average molecular weight is 279 g/mol. The molecule has 0 spiro atoms. The van der Waals surface area contributed by atoms with Crippen LogP contribution >= 0.6 is 11.6 Å². The van der Waals surface area contributed by atoms with E-state index < -0.39 is 0 Å². The van der Waals surface area contributed by atoms with Gasteiger partial charge in [-0.2, -0.15) is 0 Å². The predicted molar refractivity (Wildman–Crippen MR) is 74.5 cm³/mol. The molecule has 1 aliphatic heterocycles. The first-order valence-electron chi connectivity index (χ1n) is 6.45. The molecule has 1 aromatic heterocycles. The molecule has 2 aromatic rings. The van der Waals surface area contributed by atoms with Crippen molar-refractivity contribution in [2.75, 3.05) is 6.61 Å². The molecule has 0 amide bonds. The Labute approximate surface area is 116 Å². The van der Waals surface area contributed by atoms with Crippen LogP contribution in [0, 0.1) is 0 Å². The lowest BCUT2D eigenvalue weighted by Crippen LogP contribution is -2.30. The molecular weight excluding hydrogens is 264 g/mol. The van der Waals surface area contributed by atoms with Gasteiger partial charge in [-0.1, -0.05) is 12.1 Å². The third-order valence-corrected chi connectivity index (χ3v) is 3.71. The lowest BCUT2D eigenvalue weighted by molar-refractivity contribution is 0.0954. The molecule has 19 heavy (non-hydrogen) atoms. The minimum Gasteiger partial charge on any atom is -0.376 e. The van der Waals surface area contributed by atoms with Gasteiger partial charge in [-0.25, -0.2) is 4.98 Å². The van der Waals surface area contributed by atoms with E-state index in [1.54, 1.807) is 10.6 Å². The topological polar surface area (TPSA) is 44.1 Å². The number of ether oxygens (including phenoxy) is 1. The van der Waals surface area contributed by atoms with Crippen LogP contribution in [0.25, 0.3) is 10.9 Å². The fourth-order valence-electron chi connectivity index (χ4n) is 2.50. The molecule has 1 saturated heterocycles. The largest absolute Gasteiger partial charge is 0.376 e. The van der Waals surface area contributed by atoms with Crippen LogP contribution in [0.5, 0.6) is 0 Å². The highest BCUT2D eigenvalue weighted by Gasteiger charge is 2.19. The standard InChI is InChI=1S/C14H15ClN2O2/c15-8-13-16-12-6-2-1-5-11(12)14(18)17(13)9-10-4-3-7-19-10/h1-2,5-6,10H,3-4,7-9H2. The Morgan fingerprint density at radius 3 is 3.00 bits per heavy atom. The number of hydrogen-bond donors (Lipinski definition) is 0.